The number of nitrogens with one attached hydrogen (secondary N) is 1. The van der Waals surface area contributed by atoms with Crippen molar-refractivity contribution in [1.29, 1.82) is 0 Å². The Balaban J connectivity index is 2.71. The highest BCUT2D eigenvalue weighted by Gasteiger charge is 2.10. The number of hydroxylamine groups is 1. The third-order valence-electron chi connectivity index (χ3n) is 1.74. The fourth-order valence-corrected chi connectivity index (χ4v) is 1.00. The van der Waals surface area contributed by atoms with Gasteiger partial charge in [-0.1, -0.05) is 12.1 Å². The zero-order chi connectivity index (χ0) is 12.0. The van der Waals surface area contributed by atoms with Gasteiger partial charge in [0.1, 0.15) is 0 Å². The summed E-state index contributed by atoms with van der Waals surface area (Å²) in [7, 11) is 0. The SMILES string of the molecule is C=CCNOC(=O)c1cccc(C(=O)O)c1. The highest BCUT2D eigenvalue weighted by molar-refractivity contribution is 5.94. The lowest BCUT2D eigenvalue weighted by molar-refractivity contribution is 0.0279. The van der Waals surface area contributed by atoms with E-state index >= 15 is 0 Å². The van der Waals surface area contributed by atoms with Crippen LogP contribution in [-0.4, -0.2) is 23.6 Å². The van der Waals surface area contributed by atoms with Crippen LogP contribution in [0, 0.1) is 0 Å². The molecule has 0 saturated carbocycles. The third kappa shape index (κ3) is 3.21. The Hall–Kier alpha value is -2.14. The number of carbonyl (C=O) groups excluding carboxylic acids is 1. The molecule has 1 rings (SSSR count). The van der Waals surface area contributed by atoms with E-state index in [1.54, 1.807) is 0 Å². The number of hydrogen-bond acceptors (Lipinski definition) is 4. The average molecular weight is 221 g/mol. The minimum atomic E-state index is -1.09. The van der Waals surface area contributed by atoms with E-state index in [1.807, 2.05) is 0 Å². The van der Waals surface area contributed by atoms with Crippen molar-refractivity contribution in [3.8, 4) is 0 Å². The second-order valence-electron chi connectivity index (χ2n) is 2.91. The molecule has 0 radical (unpaired) electrons. The Labute approximate surface area is 92.3 Å². The van der Waals surface area contributed by atoms with Crippen LogP contribution < -0.4 is 5.48 Å². The van der Waals surface area contributed by atoms with Crippen LogP contribution in [-0.2, 0) is 4.84 Å². The summed E-state index contributed by atoms with van der Waals surface area (Å²) in [5.41, 5.74) is 2.58. The number of carbonyl (C=O) groups is 2. The molecular formula is C11H11NO4. The summed E-state index contributed by atoms with van der Waals surface area (Å²) in [6.07, 6.45) is 1.53. The van der Waals surface area contributed by atoms with E-state index in [2.05, 4.69) is 16.9 Å². The van der Waals surface area contributed by atoms with E-state index < -0.39 is 11.9 Å². The maximum absolute atomic E-state index is 11.4. The first kappa shape index (κ1) is 11.9. The second-order valence-corrected chi connectivity index (χ2v) is 2.91. The predicted molar refractivity (Wildman–Crippen MR) is 57.0 cm³/mol. The quantitative estimate of drug-likeness (QED) is 0.444. The Morgan fingerprint density at radius 1 is 1.44 bits per heavy atom. The largest absolute Gasteiger partial charge is 0.478 e. The van der Waals surface area contributed by atoms with Crippen LogP contribution in [0.4, 0.5) is 0 Å². The molecule has 5 heteroatoms. The lowest BCUT2D eigenvalue weighted by Gasteiger charge is -2.03. The van der Waals surface area contributed by atoms with Gasteiger partial charge in [0.05, 0.1) is 11.1 Å². The molecule has 0 heterocycles. The monoisotopic (exact) mass is 221 g/mol. The van der Waals surface area contributed by atoms with Crippen LogP contribution in [0.3, 0.4) is 0 Å². The molecule has 5 nitrogen and oxygen atoms in total. The highest BCUT2D eigenvalue weighted by atomic mass is 16.7. The maximum Gasteiger partial charge on any atom is 0.356 e. The lowest BCUT2D eigenvalue weighted by atomic mass is 10.1. The zero-order valence-corrected chi connectivity index (χ0v) is 8.47. The minimum Gasteiger partial charge on any atom is -0.478 e. The van der Waals surface area contributed by atoms with Crippen molar-refractivity contribution in [1.82, 2.24) is 5.48 Å². The predicted octanol–water partition coefficient (Wildman–Crippen LogP) is 1.23. The van der Waals surface area contributed by atoms with Gasteiger partial charge >= 0.3 is 11.9 Å². The first-order valence-corrected chi connectivity index (χ1v) is 4.53. The minimum absolute atomic E-state index is 0.0400. The molecule has 0 aliphatic rings. The number of rotatable bonds is 5. The highest BCUT2D eigenvalue weighted by Crippen LogP contribution is 2.06. The van der Waals surface area contributed by atoms with Gasteiger partial charge in [0.15, 0.2) is 0 Å². The number of benzene rings is 1. The van der Waals surface area contributed by atoms with Crippen LogP contribution in [0.1, 0.15) is 20.7 Å². The summed E-state index contributed by atoms with van der Waals surface area (Å²) in [5.74, 6) is -1.72. The molecule has 0 fully saturated rings. The third-order valence-corrected chi connectivity index (χ3v) is 1.74. The first-order chi connectivity index (χ1) is 7.65. The van der Waals surface area contributed by atoms with Crippen LogP contribution in [0.2, 0.25) is 0 Å². The van der Waals surface area contributed by atoms with Crippen molar-refractivity contribution in [3.63, 3.8) is 0 Å². The van der Waals surface area contributed by atoms with Gasteiger partial charge in [0.25, 0.3) is 0 Å². The normalized spacial score (nSPS) is 9.50. The first-order valence-electron chi connectivity index (χ1n) is 4.53. The van der Waals surface area contributed by atoms with Crippen LogP contribution in [0.15, 0.2) is 36.9 Å². The van der Waals surface area contributed by atoms with Gasteiger partial charge in [-0.25, -0.2) is 9.59 Å². The molecule has 0 aliphatic carbocycles. The summed E-state index contributed by atoms with van der Waals surface area (Å²) < 4.78 is 0. The van der Waals surface area contributed by atoms with Gasteiger partial charge in [-0.2, -0.15) is 0 Å². The molecule has 0 spiro atoms. The van der Waals surface area contributed by atoms with E-state index in [4.69, 9.17) is 5.11 Å². The Morgan fingerprint density at radius 3 is 2.75 bits per heavy atom. The number of carboxylic acid groups (broad SMARTS) is 1. The van der Waals surface area contributed by atoms with E-state index in [1.165, 1.54) is 30.3 Å². The summed E-state index contributed by atoms with van der Waals surface area (Å²) >= 11 is 0. The molecule has 1 aromatic carbocycles. The van der Waals surface area contributed by atoms with Crippen LogP contribution >= 0.6 is 0 Å². The van der Waals surface area contributed by atoms with Gasteiger partial charge in [-0.15, -0.1) is 12.1 Å². The molecule has 0 unspecified atom stereocenters. The van der Waals surface area contributed by atoms with Gasteiger partial charge in [0, 0.05) is 6.54 Å². The van der Waals surface area contributed by atoms with E-state index in [-0.39, 0.29) is 11.1 Å². The number of hydrogen-bond donors (Lipinski definition) is 2. The molecule has 0 amide bonds. The number of carboxylic acids is 1. The van der Waals surface area contributed by atoms with Crippen LogP contribution in [0.25, 0.3) is 0 Å². The Kier molecular flexibility index (Phi) is 4.23. The lowest BCUT2D eigenvalue weighted by Crippen LogP contribution is -2.20. The topological polar surface area (TPSA) is 75.6 Å². The smallest absolute Gasteiger partial charge is 0.356 e. The van der Waals surface area contributed by atoms with Gasteiger partial charge in [-0.05, 0) is 18.2 Å². The zero-order valence-electron chi connectivity index (χ0n) is 8.47. The summed E-state index contributed by atoms with van der Waals surface area (Å²) in [5, 5.41) is 8.72. The summed E-state index contributed by atoms with van der Waals surface area (Å²) in [4.78, 5) is 26.7. The van der Waals surface area contributed by atoms with Gasteiger partial charge in [0.2, 0.25) is 0 Å². The van der Waals surface area contributed by atoms with Crippen molar-refractivity contribution >= 4 is 11.9 Å². The molecule has 16 heavy (non-hydrogen) atoms. The Bertz CT molecular complexity index is 414. The summed E-state index contributed by atoms with van der Waals surface area (Å²) in [6, 6.07) is 5.61. The van der Waals surface area contributed by atoms with Crippen molar-refractivity contribution < 1.29 is 19.5 Å². The molecule has 0 aromatic heterocycles. The van der Waals surface area contributed by atoms with Crippen molar-refractivity contribution in [2.45, 2.75) is 0 Å². The molecule has 1 aromatic rings. The fourth-order valence-electron chi connectivity index (χ4n) is 1.00. The van der Waals surface area contributed by atoms with Crippen LogP contribution in [0.5, 0.6) is 0 Å². The van der Waals surface area contributed by atoms with Crippen molar-refractivity contribution in [2.75, 3.05) is 6.54 Å². The second kappa shape index (κ2) is 5.67. The van der Waals surface area contributed by atoms with Gasteiger partial charge < -0.3 is 9.94 Å². The maximum atomic E-state index is 11.4. The number of aromatic carboxylic acids is 1. The average Bonchev–Trinajstić information content (AvgIpc) is 2.29. The molecule has 0 bridgehead atoms. The summed E-state index contributed by atoms with van der Waals surface area (Å²) in [6.45, 7) is 3.76. The standard InChI is InChI=1S/C11H11NO4/c1-2-6-12-16-11(15)9-5-3-4-8(7-9)10(13)14/h2-5,7,12H,1,6H2,(H,13,14). The molecule has 0 atom stereocenters. The van der Waals surface area contributed by atoms with E-state index in [9.17, 15) is 9.59 Å². The molecule has 2 N–H and O–H groups in total. The fraction of sp³-hybridized carbons (Fsp3) is 0.0909. The van der Waals surface area contributed by atoms with Crippen molar-refractivity contribution in [3.05, 3.63) is 48.0 Å². The Morgan fingerprint density at radius 2 is 2.12 bits per heavy atom. The molecule has 0 saturated heterocycles. The van der Waals surface area contributed by atoms with Gasteiger partial charge in [-0.3, -0.25) is 0 Å². The molecule has 0 aliphatic heterocycles. The molecule has 84 valence electrons. The molecular weight excluding hydrogens is 210 g/mol. The van der Waals surface area contributed by atoms with E-state index in [0.29, 0.717) is 6.54 Å². The van der Waals surface area contributed by atoms with E-state index in [0.717, 1.165) is 0 Å². The van der Waals surface area contributed by atoms with Crippen molar-refractivity contribution in [2.24, 2.45) is 0 Å².